The number of aromatic hydroxyl groups is 1. The number of halogens is 1. The van der Waals surface area contributed by atoms with Gasteiger partial charge in [0.25, 0.3) is 0 Å². The molecule has 0 bridgehead atoms. The van der Waals surface area contributed by atoms with Gasteiger partial charge in [0.1, 0.15) is 11.5 Å². The molecule has 0 atom stereocenters. The number of phenolic OH excluding ortho intramolecular Hbond substituents is 1. The molecule has 3 heteroatoms. The molecule has 0 radical (unpaired) electrons. The van der Waals surface area contributed by atoms with Crippen molar-refractivity contribution >= 4 is 11.6 Å². The van der Waals surface area contributed by atoms with Gasteiger partial charge in [-0.15, -0.1) is 0 Å². The Morgan fingerprint density at radius 3 is 2.75 bits per heavy atom. The molecule has 0 heterocycles. The van der Waals surface area contributed by atoms with Crippen LogP contribution in [-0.2, 0) is 0 Å². The molecule has 0 amide bonds. The molecule has 0 unspecified atom stereocenters. The highest BCUT2D eigenvalue weighted by molar-refractivity contribution is 6.32. The van der Waals surface area contributed by atoms with Crippen LogP contribution in [-0.4, -0.2) is 11.7 Å². The van der Waals surface area contributed by atoms with E-state index in [-0.39, 0.29) is 5.75 Å². The second kappa shape index (κ2) is 3.68. The van der Waals surface area contributed by atoms with Gasteiger partial charge in [-0.25, -0.2) is 0 Å². The van der Waals surface area contributed by atoms with Gasteiger partial charge in [0.2, 0.25) is 0 Å². The number of hydrogen-bond donors (Lipinski definition) is 1. The van der Waals surface area contributed by atoms with Gasteiger partial charge >= 0.3 is 0 Å². The monoisotopic (exact) mass is 186 g/mol. The molecule has 0 saturated heterocycles. The van der Waals surface area contributed by atoms with Crippen LogP contribution < -0.4 is 4.74 Å². The zero-order chi connectivity index (χ0) is 9.14. The van der Waals surface area contributed by atoms with Gasteiger partial charge in [0.15, 0.2) is 0 Å². The summed E-state index contributed by atoms with van der Waals surface area (Å²) >= 11 is 5.80. The van der Waals surface area contributed by atoms with Crippen LogP contribution in [0.15, 0.2) is 12.1 Å². The zero-order valence-electron chi connectivity index (χ0n) is 7.10. The fraction of sp³-hybridized carbons (Fsp3) is 0.333. The molecule has 0 fully saturated rings. The molecule has 1 rings (SSSR count). The Balaban J connectivity index is 3.05. The highest BCUT2D eigenvalue weighted by Crippen LogP contribution is 2.31. The Morgan fingerprint density at radius 2 is 2.17 bits per heavy atom. The SMILES string of the molecule is CCOc1cc(C)c(O)cc1Cl. The molecular weight excluding hydrogens is 176 g/mol. The lowest BCUT2D eigenvalue weighted by Gasteiger charge is -2.07. The summed E-state index contributed by atoms with van der Waals surface area (Å²) in [7, 11) is 0. The van der Waals surface area contributed by atoms with Crippen molar-refractivity contribution in [3.63, 3.8) is 0 Å². The minimum Gasteiger partial charge on any atom is -0.508 e. The molecule has 0 aliphatic heterocycles. The van der Waals surface area contributed by atoms with Crippen molar-refractivity contribution in [2.75, 3.05) is 6.61 Å². The van der Waals surface area contributed by atoms with E-state index in [0.717, 1.165) is 5.56 Å². The molecule has 1 N–H and O–H groups in total. The molecule has 66 valence electrons. The number of hydrogen-bond acceptors (Lipinski definition) is 2. The number of phenols is 1. The third-order valence-electron chi connectivity index (χ3n) is 1.55. The number of benzene rings is 1. The molecule has 0 aliphatic carbocycles. The molecule has 0 aromatic heterocycles. The smallest absolute Gasteiger partial charge is 0.138 e. The molecule has 0 spiro atoms. The first-order valence-corrected chi connectivity index (χ1v) is 4.15. The van der Waals surface area contributed by atoms with Crippen LogP contribution in [0.2, 0.25) is 5.02 Å². The first-order valence-electron chi connectivity index (χ1n) is 3.77. The minimum absolute atomic E-state index is 0.198. The van der Waals surface area contributed by atoms with Crippen molar-refractivity contribution in [3.8, 4) is 11.5 Å². The lowest BCUT2D eigenvalue weighted by atomic mass is 10.2. The molecular formula is C9H11ClO2. The van der Waals surface area contributed by atoms with E-state index in [4.69, 9.17) is 16.3 Å². The van der Waals surface area contributed by atoms with Gasteiger partial charge in [-0.3, -0.25) is 0 Å². The molecule has 12 heavy (non-hydrogen) atoms. The maximum absolute atomic E-state index is 9.25. The van der Waals surface area contributed by atoms with Gasteiger partial charge in [-0.2, -0.15) is 0 Å². The van der Waals surface area contributed by atoms with Crippen LogP contribution in [0.4, 0.5) is 0 Å². The summed E-state index contributed by atoms with van der Waals surface area (Å²) in [6.45, 7) is 4.26. The number of aryl methyl sites for hydroxylation is 1. The van der Waals surface area contributed by atoms with E-state index in [0.29, 0.717) is 17.4 Å². The van der Waals surface area contributed by atoms with E-state index in [2.05, 4.69) is 0 Å². The summed E-state index contributed by atoms with van der Waals surface area (Å²) in [4.78, 5) is 0. The van der Waals surface area contributed by atoms with Crippen molar-refractivity contribution in [1.82, 2.24) is 0 Å². The summed E-state index contributed by atoms with van der Waals surface area (Å²) in [5.41, 5.74) is 0.767. The zero-order valence-corrected chi connectivity index (χ0v) is 7.85. The lowest BCUT2D eigenvalue weighted by molar-refractivity contribution is 0.339. The highest BCUT2D eigenvalue weighted by Gasteiger charge is 2.04. The van der Waals surface area contributed by atoms with E-state index in [9.17, 15) is 5.11 Å². The fourth-order valence-electron chi connectivity index (χ4n) is 0.911. The molecule has 0 aliphatic rings. The topological polar surface area (TPSA) is 29.5 Å². The van der Waals surface area contributed by atoms with E-state index in [1.54, 1.807) is 13.0 Å². The van der Waals surface area contributed by atoms with Crippen molar-refractivity contribution in [1.29, 1.82) is 0 Å². The van der Waals surface area contributed by atoms with Crippen LogP contribution in [0.5, 0.6) is 11.5 Å². The van der Waals surface area contributed by atoms with Gasteiger partial charge in [-0.05, 0) is 25.5 Å². The molecule has 2 nitrogen and oxygen atoms in total. The van der Waals surface area contributed by atoms with Crippen LogP contribution in [0.25, 0.3) is 0 Å². The summed E-state index contributed by atoms with van der Waals surface area (Å²) < 4.78 is 5.23. The minimum atomic E-state index is 0.198. The predicted octanol–water partition coefficient (Wildman–Crippen LogP) is 2.75. The highest BCUT2D eigenvalue weighted by atomic mass is 35.5. The van der Waals surface area contributed by atoms with Gasteiger partial charge in [-0.1, -0.05) is 11.6 Å². The summed E-state index contributed by atoms with van der Waals surface area (Å²) in [5.74, 6) is 0.818. The molecule has 0 saturated carbocycles. The van der Waals surface area contributed by atoms with Crippen LogP contribution in [0.3, 0.4) is 0 Å². The summed E-state index contributed by atoms with van der Waals surface area (Å²) in [5, 5.41) is 9.70. The van der Waals surface area contributed by atoms with Crippen LogP contribution in [0, 0.1) is 6.92 Å². The first-order chi connectivity index (χ1) is 5.65. The normalized spacial score (nSPS) is 9.92. The Bertz CT molecular complexity index is 284. The lowest BCUT2D eigenvalue weighted by Crippen LogP contribution is -1.92. The summed E-state index contributed by atoms with van der Waals surface area (Å²) in [6, 6.07) is 3.21. The largest absolute Gasteiger partial charge is 0.508 e. The average Bonchev–Trinajstić information content (AvgIpc) is 2.01. The van der Waals surface area contributed by atoms with Crippen molar-refractivity contribution in [2.45, 2.75) is 13.8 Å². The maximum atomic E-state index is 9.25. The summed E-state index contributed by atoms with van der Waals surface area (Å²) in [6.07, 6.45) is 0. The Morgan fingerprint density at radius 1 is 1.50 bits per heavy atom. The van der Waals surface area contributed by atoms with Crippen molar-refractivity contribution < 1.29 is 9.84 Å². The second-order valence-electron chi connectivity index (χ2n) is 2.50. The van der Waals surface area contributed by atoms with E-state index in [1.807, 2.05) is 6.92 Å². The van der Waals surface area contributed by atoms with E-state index < -0.39 is 0 Å². The third-order valence-corrected chi connectivity index (χ3v) is 1.85. The number of rotatable bonds is 2. The average molecular weight is 187 g/mol. The van der Waals surface area contributed by atoms with Crippen LogP contribution >= 0.6 is 11.6 Å². The Labute approximate surface area is 76.7 Å². The quantitative estimate of drug-likeness (QED) is 0.770. The predicted molar refractivity (Wildman–Crippen MR) is 49.0 cm³/mol. The third kappa shape index (κ3) is 1.83. The maximum Gasteiger partial charge on any atom is 0.138 e. The standard InChI is InChI=1S/C9H11ClO2/c1-3-12-9-4-6(2)8(11)5-7(9)10/h4-5,11H,3H2,1-2H3. The van der Waals surface area contributed by atoms with Gasteiger partial charge in [0, 0.05) is 6.07 Å². The molecule has 1 aromatic carbocycles. The Hall–Kier alpha value is -0.890. The van der Waals surface area contributed by atoms with E-state index >= 15 is 0 Å². The second-order valence-corrected chi connectivity index (χ2v) is 2.91. The fourth-order valence-corrected chi connectivity index (χ4v) is 1.12. The van der Waals surface area contributed by atoms with E-state index in [1.165, 1.54) is 6.07 Å². The van der Waals surface area contributed by atoms with Crippen LogP contribution in [0.1, 0.15) is 12.5 Å². The van der Waals surface area contributed by atoms with Crippen molar-refractivity contribution in [2.24, 2.45) is 0 Å². The van der Waals surface area contributed by atoms with Gasteiger partial charge < -0.3 is 9.84 Å². The Kier molecular flexibility index (Phi) is 2.82. The van der Waals surface area contributed by atoms with Crippen molar-refractivity contribution in [3.05, 3.63) is 22.7 Å². The number of ether oxygens (including phenoxy) is 1. The van der Waals surface area contributed by atoms with Gasteiger partial charge in [0.05, 0.1) is 11.6 Å². The first kappa shape index (κ1) is 9.20. The molecule has 1 aromatic rings.